The number of ether oxygens (including phenoxy) is 1. The lowest BCUT2D eigenvalue weighted by atomic mass is 10.1. The number of aryl methyl sites for hydroxylation is 2. The monoisotopic (exact) mass is 364 g/mol. The molecule has 0 aliphatic carbocycles. The quantitative estimate of drug-likeness (QED) is 0.640. The third-order valence-electron chi connectivity index (χ3n) is 4.57. The summed E-state index contributed by atoms with van der Waals surface area (Å²) >= 11 is 0. The summed E-state index contributed by atoms with van der Waals surface area (Å²) in [6.45, 7) is 7.05. The zero-order valence-electron chi connectivity index (χ0n) is 15.9. The second kappa shape index (κ2) is 8.08. The number of carbonyl (C=O) groups excluding carboxylic acids is 2. The number of aromatic nitrogens is 1. The van der Waals surface area contributed by atoms with Gasteiger partial charge in [0.05, 0.1) is 12.2 Å². The molecule has 27 heavy (non-hydrogen) atoms. The number of fused-ring (bicyclic) bond motifs is 1. The zero-order chi connectivity index (χ0) is 19.4. The van der Waals surface area contributed by atoms with E-state index in [1.807, 2.05) is 49.6 Å². The molecule has 0 radical (unpaired) electrons. The maximum atomic E-state index is 12.9. The van der Waals surface area contributed by atoms with E-state index in [0.29, 0.717) is 30.1 Å². The lowest BCUT2D eigenvalue weighted by Gasteiger charge is -2.10. The van der Waals surface area contributed by atoms with E-state index in [0.717, 1.165) is 22.9 Å². The number of rotatable bonds is 6. The molecule has 1 amide bonds. The summed E-state index contributed by atoms with van der Waals surface area (Å²) in [7, 11) is 0. The van der Waals surface area contributed by atoms with E-state index in [4.69, 9.17) is 4.74 Å². The number of carbonyl (C=O) groups is 2. The number of anilines is 1. The Bertz CT molecular complexity index is 971. The molecule has 0 aliphatic heterocycles. The molecular weight excluding hydrogens is 340 g/mol. The molecule has 1 aromatic heterocycles. The molecule has 3 aromatic rings. The van der Waals surface area contributed by atoms with E-state index >= 15 is 0 Å². The van der Waals surface area contributed by atoms with E-state index in [2.05, 4.69) is 5.32 Å². The van der Waals surface area contributed by atoms with Gasteiger partial charge in [-0.1, -0.05) is 25.1 Å². The standard InChI is InChI=1S/C22H24N2O3/c1-4-14-27-22(26)16-10-12-17(13-11-16)23-21(25)20-15(3)18-8-6-7-9-19(18)24(20)5-2/h6-13H,4-5,14H2,1-3H3,(H,23,25). The van der Waals surface area contributed by atoms with Crippen LogP contribution >= 0.6 is 0 Å². The molecule has 0 saturated heterocycles. The van der Waals surface area contributed by atoms with Crippen molar-refractivity contribution in [2.45, 2.75) is 33.7 Å². The molecule has 0 saturated carbocycles. The molecule has 0 spiro atoms. The average molecular weight is 364 g/mol. The molecule has 5 nitrogen and oxygen atoms in total. The Labute approximate surface area is 158 Å². The number of hydrogen-bond acceptors (Lipinski definition) is 3. The fourth-order valence-corrected chi connectivity index (χ4v) is 3.26. The maximum Gasteiger partial charge on any atom is 0.338 e. The third-order valence-corrected chi connectivity index (χ3v) is 4.57. The van der Waals surface area contributed by atoms with Crippen LogP contribution < -0.4 is 5.32 Å². The molecule has 1 N–H and O–H groups in total. The molecule has 5 heteroatoms. The van der Waals surface area contributed by atoms with Crippen LogP contribution in [0.2, 0.25) is 0 Å². The normalized spacial score (nSPS) is 10.8. The smallest absolute Gasteiger partial charge is 0.338 e. The van der Waals surface area contributed by atoms with Crippen molar-refractivity contribution in [3.8, 4) is 0 Å². The Morgan fingerprint density at radius 3 is 2.41 bits per heavy atom. The van der Waals surface area contributed by atoms with Crippen LogP contribution in [0.15, 0.2) is 48.5 Å². The van der Waals surface area contributed by atoms with Gasteiger partial charge in [-0.05, 0) is 56.2 Å². The first kappa shape index (κ1) is 18.7. The van der Waals surface area contributed by atoms with Crippen LogP contribution in [0.25, 0.3) is 10.9 Å². The van der Waals surface area contributed by atoms with Crippen LogP contribution in [0.1, 0.15) is 46.7 Å². The number of hydrogen-bond donors (Lipinski definition) is 1. The Balaban J connectivity index is 1.83. The second-order valence-electron chi connectivity index (χ2n) is 6.40. The van der Waals surface area contributed by atoms with E-state index in [-0.39, 0.29) is 11.9 Å². The number of para-hydroxylation sites is 1. The van der Waals surface area contributed by atoms with Crippen LogP contribution in [-0.2, 0) is 11.3 Å². The van der Waals surface area contributed by atoms with Crippen LogP contribution in [-0.4, -0.2) is 23.1 Å². The van der Waals surface area contributed by atoms with Gasteiger partial charge in [0.1, 0.15) is 5.69 Å². The van der Waals surface area contributed by atoms with E-state index < -0.39 is 0 Å². The molecule has 1 heterocycles. The van der Waals surface area contributed by atoms with Crippen molar-refractivity contribution >= 4 is 28.5 Å². The highest BCUT2D eigenvalue weighted by molar-refractivity contribution is 6.08. The van der Waals surface area contributed by atoms with E-state index in [1.54, 1.807) is 24.3 Å². The lowest BCUT2D eigenvalue weighted by Crippen LogP contribution is -2.18. The van der Waals surface area contributed by atoms with Crippen molar-refractivity contribution in [2.75, 3.05) is 11.9 Å². The second-order valence-corrected chi connectivity index (χ2v) is 6.40. The Morgan fingerprint density at radius 1 is 1.04 bits per heavy atom. The summed E-state index contributed by atoms with van der Waals surface area (Å²) in [4.78, 5) is 24.8. The molecule has 3 rings (SSSR count). The SMILES string of the molecule is CCCOC(=O)c1ccc(NC(=O)c2c(C)c3ccccc3n2CC)cc1. The first-order valence-corrected chi connectivity index (χ1v) is 9.23. The van der Waals surface area contributed by atoms with Gasteiger partial charge in [0.2, 0.25) is 0 Å². The summed E-state index contributed by atoms with van der Waals surface area (Å²) in [6, 6.07) is 14.8. The highest BCUT2D eigenvalue weighted by Gasteiger charge is 2.19. The van der Waals surface area contributed by atoms with Crippen molar-refractivity contribution in [2.24, 2.45) is 0 Å². The first-order chi connectivity index (χ1) is 13.1. The maximum absolute atomic E-state index is 12.9. The van der Waals surface area contributed by atoms with Crippen molar-refractivity contribution in [1.82, 2.24) is 4.57 Å². The molecule has 0 fully saturated rings. The largest absolute Gasteiger partial charge is 0.462 e. The van der Waals surface area contributed by atoms with Crippen molar-refractivity contribution in [1.29, 1.82) is 0 Å². The van der Waals surface area contributed by atoms with Gasteiger partial charge in [-0.25, -0.2) is 4.79 Å². The van der Waals surface area contributed by atoms with Gasteiger partial charge in [0.15, 0.2) is 0 Å². The minimum absolute atomic E-state index is 0.160. The minimum Gasteiger partial charge on any atom is -0.462 e. The lowest BCUT2D eigenvalue weighted by molar-refractivity contribution is 0.0505. The molecule has 0 atom stereocenters. The zero-order valence-corrected chi connectivity index (χ0v) is 15.9. The van der Waals surface area contributed by atoms with Gasteiger partial charge in [0.25, 0.3) is 5.91 Å². The van der Waals surface area contributed by atoms with Crippen LogP contribution in [0.5, 0.6) is 0 Å². The number of esters is 1. The number of benzene rings is 2. The van der Waals surface area contributed by atoms with Gasteiger partial charge in [-0.3, -0.25) is 4.79 Å². The van der Waals surface area contributed by atoms with Crippen molar-refractivity contribution < 1.29 is 14.3 Å². The van der Waals surface area contributed by atoms with Gasteiger partial charge in [0, 0.05) is 23.1 Å². The van der Waals surface area contributed by atoms with Gasteiger partial charge < -0.3 is 14.6 Å². The summed E-state index contributed by atoms with van der Waals surface area (Å²) in [5, 5.41) is 4.01. The first-order valence-electron chi connectivity index (χ1n) is 9.23. The summed E-state index contributed by atoms with van der Waals surface area (Å²) in [5.41, 5.74) is 3.78. The van der Waals surface area contributed by atoms with Gasteiger partial charge in [-0.2, -0.15) is 0 Å². The summed E-state index contributed by atoms with van der Waals surface area (Å²) in [5.74, 6) is -0.511. The Kier molecular flexibility index (Phi) is 5.60. The molecule has 0 aliphatic rings. The Morgan fingerprint density at radius 2 is 1.74 bits per heavy atom. The molecule has 0 unspecified atom stereocenters. The fourth-order valence-electron chi connectivity index (χ4n) is 3.26. The number of amides is 1. The van der Waals surface area contributed by atoms with E-state index in [1.165, 1.54) is 0 Å². The molecule has 140 valence electrons. The Hall–Kier alpha value is -3.08. The van der Waals surface area contributed by atoms with Gasteiger partial charge >= 0.3 is 5.97 Å². The van der Waals surface area contributed by atoms with Crippen LogP contribution in [0, 0.1) is 6.92 Å². The number of nitrogens with one attached hydrogen (secondary N) is 1. The van der Waals surface area contributed by atoms with Crippen LogP contribution in [0.3, 0.4) is 0 Å². The van der Waals surface area contributed by atoms with Gasteiger partial charge in [-0.15, -0.1) is 0 Å². The minimum atomic E-state index is -0.350. The fraction of sp³-hybridized carbons (Fsp3) is 0.273. The van der Waals surface area contributed by atoms with Crippen molar-refractivity contribution in [3.63, 3.8) is 0 Å². The number of nitrogens with zero attached hydrogens (tertiary/aromatic N) is 1. The predicted molar refractivity (Wildman–Crippen MR) is 107 cm³/mol. The molecule has 2 aromatic carbocycles. The highest BCUT2D eigenvalue weighted by Crippen LogP contribution is 2.26. The predicted octanol–water partition coefficient (Wildman–Crippen LogP) is 4.79. The highest BCUT2D eigenvalue weighted by atomic mass is 16.5. The summed E-state index contributed by atoms with van der Waals surface area (Å²) in [6.07, 6.45) is 0.782. The third kappa shape index (κ3) is 3.72. The molecular formula is C22H24N2O3. The van der Waals surface area contributed by atoms with Crippen LogP contribution in [0.4, 0.5) is 5.69 Å². The van der Waals surface area contributed by atoms with E-state index in [9.17, 15) is 9.59 Å². The molecule has 0 bridgehead atoms. The summed E-state index contributed by atoms with van der Waals surface area (Å²) < 4.78 is 7.14. The topological polar surface area (TPSA) is 60.3 Å². The van der Waals surface area contributed by atoms with Crippen molar-refractivity contribution in [3.05, 3.63) is 65.4 Å². The average Bonchev–Trinajstić information content (AvgIpc) is 2.99.